The van der Waals surface area contributed by atoms with Gasteiger partial charge in [0.15, 0.2) is 0 Å². The van der Waals surface area contributed by atoms with Crippen LogP contribution in [0, 0.1) is 10.1 Å². The second kappa shape index (κ2) is 9.22. The lowest BCUT2D eigenvalue weighted by atomic mass is 10.1. The van der Waals surface area contributed by atoms with Crippen molar-refractivity contribution in [2.45, 2.75) is 6.18 Å². The van der Waals surface area contributed by atoms with Crippen LogP contribution in [-0.4, -0.2) is 59.3 Å². The maximum Gasteiger partial charge on any atom is 0.418 e. The molecule has 1 heterocycles. The van der Waals surface area contributed by atoms with Crippen LogP contribution in [-0.2, 0) is 11.0 Å². The number of piperazine rings is 1. The van der Waals surface area contributed by atoms with E-state index in [2.05, 4.69) is 5.32 Å². The van der Waals surface area contributed by atoms with E-state index in [1.165, 1.54) is 35.2 Å². The zero-order valence-corrected chi connectivity index (χ0v) is 16.8. The number of nitro benzene ring substituents is 1. The molecule has 1 aliphatic rings. The molecule has 1 aliphatic heterocycles. The maximum atomic E-state index is 13.1. The molecule has 1 fully saturated rings. The van der Waals surface area contributed by atoms with Gasteiger partial charge in [0.2, 0.25) is 5.91 Å². The van der Waals surface area contributed by atoms with Crippen molar-refractivity contribution in [3.05, 3.63) is 63.7 Å². The Labute approximate surface area is 180 Å². The maximum absolute atomic E-state index is 13.1. The summed E-state index contributed by atoms with van der Waals surface area (Å²) >= 11 is 0. The van der Waals surface area contributed by atoms with Crippen molar-refractivity contribution in [1.29, 1.82) is 0 Å². The minimum absolute atomic E-state index is 0.0468. The van der Waals surface area contributed by atoms with Crippen molar-refractivity contribution in [1.82, 2.24) is 9.80 Å². The van der Waals surface area contributed by atoms with E-state index in [9.17, 15) is 32.9 Å². The van der Waals surface area contributed by atoms with Crippen molar-refractivity contribution >= 4 is 28.9 Å². The number of anilines is 2. The van der Waals surface area contributed by atoms with E-state index in [1.807, 2.05) is 0 Å². The van der Waals surface area contributed by atoms with Crippen LogP contribution in [0.15, 0.2) is 42.5 Å². The monoisotopic (exact) mass is 451 g/mol. The molecule has 12 heteroatoms. The van der Waals surface area contributed by atoms with Gasteiger partial charge in [-0.25, -0.2) is 0 Å². The number of rotatable bonds is 5. The Morgan fingerprint density at radius 1 is 1.09 bits per heavy atom. The number of nitro groups is 1. The van der Waals surface area contributed by atoms with E-state index >= 15 is 0 Å². The summed E-state index contributed by atoms with van der Waals surface area (Å²) in [4.78, 5) is 38.4. The van der Waals surface area contributed by atoms with Crippen molar-refractivity contribution in [2.24, 2.45) is 0 Å². The molecule has 0 aliphatic carbocycles. The number of carbonyl (C=O) groups excluding carboxylic acids is 2. The van der Waals surface area contributed by atoms with Crippen LogP contribution in [0.2, 0.25) is 0 Å². The predicted octanol–water partition coefficient (Wildman–Crippen LogP) is 2.59. The summed E-state index contributed by atoms with van der Waals surface area (Å²) in [5.74, 6) is -1.01. The van der Waals surface area contributed by atoms with Crippen LogP contribution < -0.4 is 11.1 Å². The van der Waals surface area contributed by atoms with Gasteiger partial charge in [0.05, 0.1) is 22.7 Å². The molecule has 3 N–H and O–H groups in total. The third kappa shape index (κ3) is 5.32. The van der Waals surface area contributed by atoms with Crippen LogP contribution in [0.25, 0.3) is 0 Å². The van der Waals surface area contributed by atoms with Crippen molar-refractivity contribution in [3.63, 3.8) is 0 Å². The standard InChI is InChI=1S/C20H20F3N5O4/c21-20(22,23)14-3-1-2-4-16(14)25-18(29)12-26-7-9-27(10-8-26)19(30)13-5-6-15(24)17(11-13)28(31)32/h1-6,11H,7-10,12,24H2,(H,25,29). The predicted molar refractivity (Wildman–Crippen MR) is 110 cm³/mol. The number of hydrogen-bond donors (Lipinski definition) is 2. The Bertz CT molecular complexity index is 1040. The summed E-state index contributed by atoms with van der Waals surface area (Å²) in [7, 11) is 0. The second-order valence-electron chi connectivity index (χ2n) is 7.19. The zero-order chi connectivity index (χ0) is 23.5. The topological polar surface area (TPSA) is 122 Å². The van der Waals surface area contributed by atoms with E-state index in [1.54, 1.807) is 4.90 Å². The van der Waals surface area contributed by atoms with Crippen molar-refractivity contribution in [3.8, 4) is 0 Å². The lowest BCUT2D eigenvalue weighted by Gasteiger charge is -2.34. The molecule has 32 heavy (non-hydrogen) atoms. The lowest BCUT2D eigenvalue weighted by Crippen LogP contribution is -2.50. The number of nitrogens with one attached hydrogen (secondary N) is 1. The lowest BCUT2D eigenvalue weighted by molar-refractivity contribution is -0.383. The second-order valence-corrected chi connectivity index (χ2v) is 7.19. The summed E-state index contributed by atoms with van der Waals surface area (Å²) in [6.45, 7) is 1.00. The number of alkyl halides is 3. The first-order valence-electron chi connectivity index (χ1n) is 9.58. The highest BCUT2D eigenvalue weighted by molar-refractivity contribution is 5.96. The number of nitrogen functional groups attached to an aromatic ring is 1. The summed E-state index contributed by atoms with van der Waals surface area (Å²) in [5.41, 5.74) is 4.03. The van der Waals surface area contributed by atoms with Gasteiger partial charge in [0.1, 0.15) is 5.69 Å². The highest BCUT2D eigenvalue weighted by Crippen LogP contribution is 2.34. The highest BCUT2D eigenvalue weighted by atomic mass is 19.4. The smallest absolute Gasteiger partial charge is 0.393 e. The first-order valence-corrected chi connectivity index (χ1v) is 9.58. The molecule has 0 atom stereocenters. The van der Waals surface area contributed by atoms with Crippen molar-refractivity contribution < 1.29 is 27.7 Å². The molecule has 1 saturated heterocycles. The largest absolute Gasteiger partial charge is 0.418 e. The van der Waals surface area contributed by atoms with Gasteiger partial charge >= 0.3 is 6.18 Å². The Kier molecular flexibility index (Phi) is 6.63. The van der Waals surface area contributed by atoms with E-state index in [0.717, 1.165) is 12.1 Å². The third-order valence-electron chi connectivity index (χ3n) is 5.01. The van der Waals surface area contributed by atoms with E-state index in [4.69, 9.17) is 5.73 Å². The van der Waals surface area contributed by atoms with Crippen LogP contribution in [0.3, 0.4) is 0 Å². The molecule has 0 aromatic heterocycles. The van der Waals surface area contributed by atoms with Gasteiger partial charge in [-0.05, 0) is 24.3 Å². The fourth-order valence-electron chi connectivity index (χ4n) is 3.36. The van der Waals surface area contributed by atoms with Crippen LogP contribution in [0.5, 0.6) is 0 Å². The number of nitrogens with two attached hydrogens (primary N) is 1. The Balaban J connectivity index is 1.56. The van der Waals surface area contributed by atoms with Gasteiger partial charge in [-0.15, -0.1) is 0 Å². The van der Waals surface area contributed by atoms with Crippen molar-refractivity contribution in [2.75, 3.05) is 43.8 Å². The molecule has 2 amide bonds. The van der Waals surface area contributed by atoms with Gasteiger partial charge in [-0.1, -0.05) is 12.1 Å². The third-order valence-corrected chi connectivity index (χ3v) is 5.01. The van der Waals surface area contributed by atoms with Gasteiger partial charge in [-0.2, -0.15) is 13.2 Å². The van der Waals surface area contributed by atoms with Crippen LogP contribution in [0.4, 0.5) is 30.2 Å². The number of carbonyl (C=O) groups is 2. The number of nitrogens with zero attached hydrogens (tertiary/aromatic N) is 3. The molecule has 3 rings (SSSR count). The molecule has 0 spiro atoms. The van der Waals surface area contributed by atoms with Gasteiger partial charge in [0.25, 0.3) is 11.6 Å². The Morgan fingerprint density at radius 3 is 2.38 bits per heavy atom. The minimum atomic E-state index is -4.59. The molecule has 0 unspecified atom stereocenters. The first-order chi connectivity index (χ1) is 15.1. The SMILES string of the molecule is Nc1ccc(C(=O)N2CCN(CC(=O)Nc3ccccc3C(F)(F)F)CC2)cc1[N+](=O)[O-]. The Hall–Kier alpha value is -3.67. The van der Waals surface area contributed by atoms with Gasteiger partial charge < -0.3 is 16.0 Å². The molecule has 2 aromatic carbocycles. The minimum Gasteiger partial charge on any atom is -0.393 e. The van der Waals surface area contributed by atoms with Crippen LogP contribution >= 0.6 is 0 Å². The summed E-state index contributed by atoms with van der Waals surface area (Å²) < 4.78 is 39.2. The first kappa shape index (κ1) is 23.0. The molecular formula is C20H20F3N5O4. The molecule has 170 valence electrons. The molecule has 2 aromatic rings. The van der Waals surface area contributed by atoms with Gasteiger partial charge in [0, 0.05) is 37.8 Å². The average molecular weight is 451 g/mol. The molecular weight excluding hydrogens is 431 g/mol. The number of benzene rings is 2. The van der Waals surface area contributed by atoms with Gasteiger partial charge in [-0.3, -0.25) is 24.6 Å². The number of amides is 2. The fourth-order valence-corrected chi connectivity index (χ4v) is 3.36. The average Bonchev–Trinajstić information content (AvgIpc) is 2.73. The normalized spacial score (nSPS) is 14.8. The summed E-state index contributed by atoms with van der Waals surface area (Å²) in [5, 5.41) is 13.3. The number of para-hydroxylation sites is 1. The molecule has 0 saturated carbocycles. The van der Waals surface area contributed by atoms with E-state index < -0.39 is 28.5 Å². The summed E-state index contributed by atoms with van der Waals surface area (Å²) in [6.07, 6.45) is -4.59. The molecule has 0 bridgehead atoms. The molecule has 9 nitrogen and oxygen atoms in total. The highest BCUT2D eigenvalue weighted by Gasteiger charge is 2.33. The van der Waals surface area contributed by atoms with E-state index in [-0.39, 0.29) is 42.3 Å². The van der Waals surface area contributed by atoms with E-state index in [0.29, 0.717) is 13.1 Å². The number of halogens is 3. The van der Waals surface area contributed by atoms with Crippen LogP contribution in [0.1, 0.15) is 15.9 Å². The fraction of sp³-hybridized carbons (Fsp3) is 0.300. The number of hydrogen-bond acceptors (Lipinski definition) is 6. The Morgan fingerprint density at radius 2 is 1.75 bits per heavy atom. The quantitative estimate of drug-likeness (QED) is 0.409. The zero-order valence-electron chi connectivity index (χ0n) is 16.8. The summed E-state index contributed by atoms with van der Waals surface area (Å²) in [6, 6.07) is 8.54. The molecule has 0 radical (unpaired) electrons.